The Kier molecular flexibility index (Phi) is 11.2. The Labute approximate surface area is 226 Å². The van der Waals surface area contributed by atoms with Gasteiger partial charge in [-0.15, -0.1) is 0 Å². The van der Waals surface area contributed by atoms with Gasteiger partial charge in [-0.25, -0.2) is 0 Å². The van der Waals surface area contributed by atoms with Gasteiger partial charge in [0, 0.05) is 24.9 Å². The fourth-order valence-electron chi connectivity index (χ4n) is 3.99. The van der Waals surface area contributed by atoms with Crippen molar-refractivity contribution >= 4 is 70.0 Å². The molecule has 2 aromatic rings. The molecule has 9 heteroatoms. The first-order chi connectivity index (χ1) is 16.8. The third kappa shape index (κ3) is 9.32. The van der Waals surface area contributed by atoms with E-state index in [-0.39, 0.29) is 17.7 Å². The van der Waals surface area contributed by atoms with Gasteiger partial charge in [0.15, 0.2) is 0 Å². The quantitative estimate of drug-likeness (QED) is 0.246. The van der Waals surface area contributed by atoms with Crippen LogP contribution in [0, 0.1) is 5.92 Å². The average molecular weight is 557 g/mol. The van der Waals surface area contributed by atoms with Crippen molar-refractivity contribution in [3.63, 3.8) is 0 Å². The Hall–Kier alpha value is -1.76. The third-order valence-corrected chi connectivity index (χ3v) is 7.36. The lowest BCUT2D eigenvalue weighted by Crippen LogP contribution is -2.41. The lowest BCUT2D eigenvalue weighted by molar-refractivity contribution is -0.121. The highest BCUT2D eigenvalue weighted by Gasteiger charge is 2.25. The van der Waals surface area contributed by atoms with Crippen molar-refractivity contribution in [3.8, 4) is 0 Å². The molecule has 188 valence electrons. The molecule has 0 aromatic heterocycles. The minimum absolute atomic E-state index is 0.0183. The van der Waals surface area contributed by atoms with Crippen molar-refractivity contribution in [3.05, 3.63) is 68.1 Å². The summed E-state index contributed by atoms with van der Waals surface area (Å²) in [4.78, 5) is 27.0. The van der Waals surface area contributed by atoms with Crippen LogP contribution >= 0.6 is 46.4 Å². The van der Waals surface area contributed by atoms with Gasteiger partial charge < -0.3 is 15.5 Å². The van der Waals surface area contributed by atoms with E-state index in [0.29, 0.717) is 32.3 Å². The molecular weight excluding hydrogens is 528 g/mol. The molecule has 2 amide bonds. The number of rotatable bonds is 10. The van der Waals surface area contributed by atoms with E-state index in [1.165, 1.54) is 6.08 Å². The standard InChI is InChI=1S/C26H29Cl4N3O2/c27-21-9-6-18(15-23(21)29)7-11-25(34)31-12-2-1-3-13-33-14-4-5-19(17-33)26(35)32-20-8-10-22(28)24(30)16-20/h6-11,15-16,19H,1-5,12-14,17H2,(H,31,34)(H,32,35)/b11-7+. The van der Waals surface area contributed by atoms with Gasteiger partial charge in [-0.3, -0.25) is 9.59 Å². The number of anilines is 1. The smallest absolute Gasteiger partial charge is 0.243 e. The first-order valence-electron chi connectivity index (χ1n) is 11.7. The molecule has 1 atom stereocenters. The van der Waals surface area contributed by atoms with E-state index in [0.717, 1.165) is 57.3 Å². The van der Waals surface area contributed by atoms with Crippen molar-refractivity contribution in [2.75, 3.05) is 31.5 Å². The van der Waals surface area contributed by atoms with Gasteiger partial charge >= 0.3 is 0 Å². The molecular formula is C26H29Cl4N3O2. The van der Waals surface area contributed by atoms with E-state index >= 15 is 0 Å². The number of halogens is 4. The zero-order valence-corrected chi connectivity index (χ0v) is 22.4. The maximum absolute atomic E-state index is 12.7. The lowest BCUT2D eigenvalue weighted by atomic mass is 9.96. The summed E-state index contributed by atoms with van der Waals surface area (Å²) in [5.74, 6) is -0.160. The minimum atomic E-state index is -0.136. The molecule has 0 aliphatic carbocycles. The van der Waals surface area contributed by atoms with Crippen LogP contribution in [0.2, 0.25) is 20.1 Å². The highest BCUT2D eigenvalue weighted by atomic mass is 35.5. The predicted octanol–water partition coefficient (Wildman–Crippen LogP) is 6.95. The number of amides is 2. The Morgan fingerprint density at radius 3 is 2.43 bits per heavy atom. The van der Waals surface area contributed by atoms with Crippen LogP contribution < -0.4 is 10.6 Å². The molecule has 1 heterocycles. The predicted molar refractivity (Wildman–Crippen MR) is 147 cm³/mol. The molecule has 5 nitrogen and oxygen atoms in total. The molecule has 2 aromatic carbocycles. The number of carbonyl (C=O) groups is 2. The van der Waals surface area contributed by atoms with Crippen molar-refractivity contribution in [1.82, 2.24) is 10.2 Å². The molecule has 1 aliphatic rings. The fraction of sp³-hybridized carbons (Fsp3) is 0.385. The van der Waals surface area contributed by atoms with E-state index in [1.54, 1.807) is 42.5 Å². The van der Waals surface area contributed by atoms with Gasteiger partial charge in [-0.05, 0) is 80.7 Å². The number of piperidine rings is 1. The second-order valence-corrected chi connectivity index (χ2v) is 10.2. The summed E-state index contributed by atoms with van der Waals surface area (Å²) in [5, 5.41) is 7.69. The van der Waals surface area contributed by atoms with Crippen molar-refractivity contribution in [2.45, 2.75) is 32.1 Å². The second-order valence-electron chi connectivity index (χ2n) is 8.62. The Morgan fingerprint density at radius 2 is 1.69 bits per heavy atom. The normalized spacial score (nSPS) is 16.4. The van der Waals surface area contributed by atoms with Gasteiger partial charge in [-0.1, -0.05) is 58.9 Å². The zero-order valence-electron chi connectivity index (χ0n) is 19.3. The number of carbonyl (C=O) groups excluding carboxylic acids is 2. The van der Waals surface area contributed by atoms with Gasteiger partial charge in [0.2, 0.25) is 11.8 Å². The summed E-state index contributed by atoms with van der Waals surface area (Å²) in [7, 11) is 0. The van der Waals surface area contributed by atoms with Crippen LogP contribution in [0.25, 0.3) is 6.08 Å². The molecule has 1 unspecified atom stereocenters. The van der Waals surface area contributed by atoms with E-state index in [2.05, 4.69) is 15.5 Å². The molecule has 1 fully saturated rings. The number of hydrogen-bond donors (Lipinski definition) is 2. The second kappa shape index (κ2) is 14.1. The number of hydrogen-bond acceptors (Lipinski definition) is 3. The molecule has 1 saturated heterocycles. The minimum Gasteiger partial charge on any atom is -0.353 e. The van der Waals surface area contributed by atoms with Crippen LogP contribution in [0.3, 0.4) is 0 Å². The number of nitrogens with zero attached hydrogens (tertiary/aromatic N) is 1. The number of unbranched alkanes of at least 4 members (excludes halogenated alkanes) is 2. The molecule has 0 radical (unpaired) electrons. The first kappa shape index (κ1) is 27.8. The van der Waals surface area contributed by atoms with Crippen LogP contribution in [-0.4, -0.2) is 42.9 Å². The highest BCUT2D eigenvalue weighted by Crippen LogP contribution is 2.26. The Morgan fingerprint density at radius 1 is 0.943 bits per heavy atom. The van der Waals surface area contributed by atoms with Crippen molar-refractivity contribution in [1.29, 1.82) is 0 Å². The van der Waals surface area contributed by atoms with Gasteiger partial charge in [0.1, 0.15) is 0 Å². The van der Waals surface area contributed by atoms with E-state index in [9.17, 15) is 9.59 Å². The Balaban J connectivity index is 1.30. The van der Waals surface area contributed by atoms with Gasteiger partial charge in [0.25, 0.3) is 0 Å². The first-order valence-corrected chi connectivity index (χ1v) is 13.2. The summed E-state index contributed by atoms with van der Waals surface area (Å²) in [6.45, 7) is 3.33. The molecule has 35 heavy (non-hydrogen) atoms. The maximum atomic E-state index is 12.7. The summed E-state index contributed by atoms with van der Waals surface area (Å²) in [6, 6.07) is 10.3. The molecule has 0 saturated carbocycles. The topological polar surface area (TPSA) is 61.4 Å². The largest absolute Gasteiger partial charge is 0.353 e. The molecule has 0 spiro atoms. The van der Waals surface area contributed by atoms with Crippen LogP contribution in [0.4, 0.5) is 5.69 Å². The van der Waals surface area contributed by atoms with E-state index < -0.39 is 0 Å². The van der Waals surface area contributed by atoms with Crippen LogP contribution in [0.1, 0.15) is 37.7 Å². The van der Waals surface area contributed by atoms with E-state index in [4.69, 9.17) is 46.4 Å². The van der Waals surface area contributed by atoms with Gasteiger partial charge in [0.05, 0.1) is 26.0 Å². The highest BCUT2D eigenvalue weighted by molar-refractivity contribution is 6.42. The summed E-state index contributed by atoms with van der Waals surface area (Å²) in [6.07, 6.45) is 8.02. The third-order valence-electron chi connectivity index (χ3n) is 5.88. The molecule has 1 aliphatic heterocycles. The maximum Gasteiger partial charge on any atom is 0.243 e. The van der Waals surface area contributed by atoms with Crippen LogP contribution in [0.5, 0.6) is 0 Å². The van der Waals surface area contributed by atoms with Crippen LogP contribution in [-0.2, 0) is 9.59 Å². The zero-order chi connectivity index (χ0) is 25.2. The van der Waals surface area contributed by atoms with E-state index in [1.807, 2.05) is 0 Å². The molecule has 0 bridgehead atoms. The number of likely N-dealkylation sites (tertiary alicyclic amines) is 1. The van der Waals surface area contributed by atoms with Gasteiger partial charge in [-0.2, -0.15) is 0 Å². The SMILES string of the molecule is O=C(/C=C/c1ccc(Cl)c(Cl)c1)NCCCCCN1CCCC(C(=O)Nc2ccc(Cl)c(Cl)c2)C1. The molecule has 3 rings (SSSR count). The summed E-state index contributed by atoms with van der Waals surface area (Å²) < 4.78 is 0. The lowest BCUT2D eigenvalue weighted by Gasteiger charge is -2.32. The van der Waals surface area contributed by atoms with Crippen LogP contribution in [0.15, 0.2) is 42.5 Å². The van der Waals surface area contributed by atoms with Crippen molar-refractivity contribution < 1.29 is 9.59 Å². The van der Waals surface area contributed by atoms with Crippen molar-refractivity contribution in [2.24, 2.45) is 5.92 Å². The number of nitrogens with one attached hydrogen (secondary N) is 2. The monoisotopic (exact) mass is 555 g/mol. The summed E-state index contributed by atoms with van der Waals surface area (Å²) >= 11 is 23.9. The number of benzene rings is 2. The fourth-order valence-corrected chi connectivity index (χ4v) is 4.59. The Bertz CT molecular complexity index is 1060. The summed E-state index contributed by atoms with van der Waals surface area (Å²) in [5.41, 5.74) is 1.48. The average Bonchev–Trinajstić information content (AvgIpc) is 2.84. The molecule has 2 N–H and O–H groups in total.